The van der Waals surface area contributed by atoms with Gasteiger partial charge in [-0.15, -0.1) is 10.2 Å². The van der Waals surface area contributed by atoms with Gasteiger partial charge in [0.2, 0.25) is 5.88 Å². The molecule has 7 nitrogen and oxygen atoms in total. The number of piperidine rings is 2. The molecule has 0 saturated carbocycles. The summed E-state index contributed by atoms with van der Waals surface area (Å²) in [5.74, 6) is 1.10. The summed E-state index contributed by atoms with van der Waals surface area (Å²) in [5, 5.41) is 19.3. The lowest BCUT2D eigenvalue weighted by Crippen LogP contribution is -2.49. The highest BCUT2D eigenvalue weighted by molar-refractivity contribution is 5.62. The highest BCUT2D eigenvalue weighted by atomic mass is 16.6. The minimum Gasteiger partial charge on any atom is -0.473 e. The van der Waals surface area contributed by atoms with Gasteiger partial charge in [-0.3, -0.25) is 10.1 Å². The third-order valence-corrected chi connectivity index (χ3v) is 5.06. The van der Waals surface area contributed by atoms with E-state index in [1.165, 1.54) is 31.5 Å². The fourth-order valence-electron chi connectivity index (χ4n) is 3.77. The molecule has 3 atom stereocenters. The summed E-state index contributed by atoms with van der Waals surface area (Å²) >= 11 is 0. The smallest absolute Gasteiger partial charge is 0.270 e. The van der Waals surface area contributed by atoms with Crippen LogP contribution < -0.4 is 4.74 Å². The van der Waals surface area contributed by atoms with Gasteiger partial charge < -0.3 is 9.64 Å². The van der Waals surface area contributed by atoms with E-state index in [0.29, 0.717) is 23.1 Å². The minimum atomic E-state index is -0.412. The second-order valence-corrected chi connectivity index (χ2v) is 6.71. The Hall–Kier alpha value is -2.54. The van der Waals surface area contributed by atoms with Gasteiger partial charge in [-0.25, -0.2) is 0 Å². The Morgan fingerprint density at radius 3 is 2.88 bits per heavy atom. The SMILES string of the molecule is O=[N+]([O-])c1cccc(-c2ccc(OC3CCN4CCCC3C4)nn2)c1. The molecule has 2 bridgehead atoms. The molecule has 0 N–H and O–H groups in total. The molecule has 2 saturated heterocycles. The van der Waals surface area contributed by atoms with Crippen LogP contribution in [0, 0.1) is 16.0 Å². The van der Waals surface area contributed by atoms with Crippen molar-refractivity contribution < 1.29 is 9.66 Å². The number of aromatic nitrogens is 2. The Bertz CT molecular complexity index is 765. The third kappa shape index (κ3) is 3.46. The van der Waals surface area contributed by atoms with Crippen LogP contribution in [-0.2, 0) is 0 Å². The van der Waals surface area contributed by atoms with Crippen LogP contribution in [0.15, 0.2) is 36.4 Å². The second-order valence-electron chi connectivity index (χ2n) is 6.71. The number of non-ortho nitro benzene ring substituents is 1. The summed E-state index contributed by atoms with van der Waals surface area (Å²) in [5.41, 5.74) is 1.32. The average Bonchev–Trinajstić information content (AvgIpc) is 2.65. The summed E-state index contributed by atoms with van der Waals surface area (Å²) < 4.78 is 6.09. The topological polar surface area (TPSA) is 81.4 Å². The summed E-state index contributed by atoms with van der Waals surface area (Å²) in [7, 11) is 0. The number of nitrogens with zero attached hydrogens (tertiary/aromatic N) is 4. The molecule has 130 valence electrons. The molecule has 0 radical (unpaired) electrons. The fourth-order valence-corrected chi connectivity index (χ4v) is 3.77. The van der Waals surface area contributed by atoms with Gasteiger partial charge in [-0.2, -0.15) is 0 Å². The highest BCUT2D eigenvalue weighted by Gasteiger charge is 2.33. The standard InChI is InChI=1S/C18H20N4O3/c23-22(24)15-5-1-3-13(11-15)16-6-7-18(20-19-16)25-17-8-10-21-9-2-4-14(17)12-21/h1,3,5-7,11,14,17H,2,4,8-10,12H2. The van der Waals surface area contributed by atoms with Crippen LogP contribution >= 0.6 is 0 Å². The van der Waals surface area contributed by atoms with Crippen molar-refractivity contribution in [1.29, 1.82) is 0 Å². The number of rotatable bonds is 4. The van der Waals surface area contributed by atoms with Gasteiger partial charge in [0, 0.05) is 42.8 Å². The van der Waals surface area contributed by atoms with Crippen molar-refractivity contribution in [3.8, 4) is 17.1 Å². The lowest BCUT2D eigenvalue weighted by Gasteiger charge is -2.42. The maximum Gasteiger partial charge on any atom is 0.270 e. The van der Waals surface area contributed by atoms with E-state index in [2.05, 4.69) is 15.1 Å². The van der Waals surface area contributed by atoms with E-state index < -0.39 is 4.92 Å². The summed E-state index contributed by atoms with van der Waals surface area (Å²) in [4.78, 5) is 13.0. The first-order valence-corrected chi connectivity index (χ1v) is 8.66. The number of benzene rings is 1. The summed E-state index contributed by atoms with van der Waals surface area (Å²) in [6.45, 7) is 3.41. The molecule has 0 aliphatic carbocycles. The van der Waals surface area contributed by atoms with E-state index in [0.717, 1.165) is 19.5 Å². The molecule has 2 aromatic rings. The Kier molecular flexibility index (Phi) is 4.31. The molecule has 1 aromatic heterocycles. The van der Waals surface area contributed by atoms with Gasteiger partial charge >= 0.3 is 0 Å². The molecule has 25 heavy (non-hydrogen) atoms. The molecular weight excluding hydrogens is 320 g/mol. The molecule has 7 heteroatoms. The van der Waals surface area contributed by atoms with E-state index in [1.807, 2.05) is 0 Å². The molecule has 3 heterocycles. The van der Waals surface area contributed by atoms with E-state index in [-0.39, 0.29) is 11.8 Å². The van der Waals surface area contributed by atoms with Crippen molar-refractivity contribution in [3.05, 3.63) is 46.5 Å². The molecule has 3 unspecified atom stereocenters. The molecule has 2 aliphatic heterocycles. The molecular formula is C18H20N4O3. The second kappa shape index (κ2) is 6.76. The Labute approximate surface area is 145 Å². The van der Waals surface area contributed by atoms with E-state index in [1.54, 1.807) is 24.3 Å². The fraction of sp³-hybridized carbons (Fsp3) is 0.444. The van der Waals surface area contributed by atoms with Crippen molar-refractivity contribution in [2.45, 2.75) is 25.4 Å². The molecule has 2 aliphatic rings. The summed E-state index contributed by atoms with van der Waals surface area (Å²) in [6, 6.07) is 10.0. The largest absolute Gasteiger partial charge is 0.473 e. The first-order chi connectivity index (χ1) is 12.2. The van der Waals surface area contributed by atoms with E-state index in [4.69, 9.17) is 4.74 Å². The quantitative estimate of drug-likeness (QED) is 0.629. The van der Waals surface area contributed by atoms with E-state index >= 15 is 0 Å². The predicted octanol–water partition coefficient (Wildman–Crippen LogP) is 2.91. The van der Waals surface area contributed by atoms with Gasteiger partial charge in [-0.05, 0) is 31.9 Å². The number of ether oxygens (including phenoxy) is 1. The van der Waals surface area contributed by atoms with Crippen molar-refractivity contribution >= 4 is 5.69 Å². The van der Waals surface area contributed by atoms with Crippen molar-refractivity contribution in [1.82, 2.24) is 15.1 Å². The van der Waals surface area contributed by atoms with Crippen molar-refractivity contribution in [2.75, 3.05) is 19.6 Å². The average molecular weight is 340 g/mol. The summed E-state index contributed by atoms with van der Waals surface area (Å²) in [6.07, 6.45) is 3.68. The monoisotopic (exact) mass is 340 g/mol. The number of nitro benzene ring substituents is 1. The Balaban J connectivity index is 1.47. The zero-order chi connectivity index (χ0) is 17.2. The van der Waals surface area contributed by atoms with Crippen LogP contribution in [0.3, 0.4) is 0 Å². The van der Waals surface area contributed by atoms with Gasteiger partial charge in [0.15, 0.2) is 0 Å². The number of hydrogen-bond donors (Lipinski definition) is 0. The molecule has 4 rings (SSSR count). The maximum absolute atomic E-state index is 10.9. The van der Waals surface area contributed by atoms with Crippen molar-refractivity contribution in [2.24, 2.45) is 5.92 Å². The zero-order valence-corrected chi connectivity index (χ0v) is 13.9. The van der Waals surface area contributed by atoms with Gasteiger partial charge in [0.1, 0.15) is 6.10 Å². The maximum atomic E-state index is 10.9. The van der Waals surface area contributed by atoms with Crippen LogP contribution in [0.4, 0.5) is 5.69 Å². The Morgan fingerprint density at radius 2 is 2.08 bits per heavy atom. The van der Waals surface area contributed by atoms with Gasteiger partial charge in [0.25, 0.3) is 5.69 Å². The lowest BCUT2D eigenvalue weighted by molar-refractivity contribution is -0.384. The zero-order valence-electron chi connectivity index (χ0n) is 13.9. The molecule has 2 fully saturated rings. The van der Waals surface area contributed by atoms with Gasteiger partial charge in [0.05, 0.1) is 10.6 Å². The Morgan fingerprint density at radius 1 is 1.16 bits per heavy atom. The van der Waals surface area contributed by atoms with Crippen LogP contribution in [-0.4, -0.2) is 45.8 Å². The normalized spacial score (nSPS) is 25.4. The molecule has 1 aromatic carbocycles. The first kappa shape index (κ1) is 16.0. The van der Waals surface area contributed by atoms with E-state index in [9.17, 15) is 10.1 Å². The number of nitro groups is 1. The molecule has 0 amide bonds. The number of hydrogen-bond acceptors (Lipinski definition) is 6. The third-order valence-electron chi connectivity index (χ3n) is 5.06. The highest BCUT2D eigenvalue weighted by Crippen LogP contribution is 2.29. The number of fused-ring (bicyclic) bond motifs is 2. The van der Waals surface area contributed by atoms with Crippen molar-refractivity contribution in [3.63, 3.8) is 0 Å². The van der Waals surface area contributed by atoms with Crippen LogP contribution in [0.25, 0.3) is 11.3 Å². The first-order valence-electron chi connectivity index (χ1n) is 8.66. The van der Waals surface area contributed by atoms with Gasteiger partial charge in [-0.1, -0.05) is 12.1 Å². The minimum absolute atomic E-state index is 0.0451. The predicted molar refractivity (Wildman–Crippen MR) is 92.3 cm³/mol. The van der Waals surface area contributed by atoms with Crippen LogP contribution in [0.1, 0.15) is 19.3 Å². The van der Waals surface area contributed by atoms with Crippen LogP contribution in [0.5, 0.6) is 5.88 Å². The lowest BCUT2D eigenvalue weighted by atomic mass is 9.87. The van der Waals surface area contributed by atoms with Crippen LogP contribution in [0.2, 0.25) is 0 Å². The molecule has 0 spiro atoms.